The first-order valence-corrected chi connectivity index (χ1v) is 10.9. The minimum atomic E-state index is -3.48. The van der Waals surface area contributed by atoms with Crippen LogP contribution in [0.4, 0.5) is 5.82 Å². The van der Waals surface area contributed by atoms with Crippen LogP contribution < -0.4 is 9.62 Å². The number of rotatable bonds is 4. The topological polar surface area (TPSA) is 92.5 Å². The van der Waals surface area contributed by atoms with Gasteiger partial charge in [0.15, 0.2) is 5.82 Å². The van der Waals surface area contributed by atoms with Crippen molar-refractivity contribution in [2.45, 2.75) is 6.92 Å². The van der Waals surface area contributed by atoms with Crippen molar-refractivity contribution in [1.29, 1.82) is 0 Å². The van der Waals surface area contributed by atoms with Gasteiger partial charge in [-0.05, 0) is 35.6 Å². The van der Waals surface area contributed by atoms with Crippen LogP contribution in [0.25, 0.3) is 22.4 Å². The summed E-state index contributed by atoms with van der Waals surface area (Å²) in [6, 6.07) is 9.31. The summed E-state index contributed by atoms with van der Waals surface area (Å²) in [5.74, 6) is 0.344. The molecule has 0 spiro atoms. The lowest BCUT2D eigenvalue weighted by Crippen LogP contribution is -2.26. The lowest BCUT2D eigenvalue weighted by molar-refractivity contribution is 0.0964. The monoisotopic (exact) mass is 499 g/mol. The Morgan fingerprint density at radius 1 is 1.26 bits per heavy atom. The molecule has 2 heterocycles. The second kappa shape index (κ2) is 7.12. The third kappa shape index (κ3) is 3.65. The van der Waals surface area contributed by atoms with Crippen molar-refractivity contribution in [3.63, 3.8) is 0 Å². The molecule has 0 radical (unpaired) electrons. The lowest BCUT2D eigenvalue weighted by Gasteiger charge is -2.16. The molecule has 0 aliphatic heterocycles. The molecule has 142 valence electrons. The number of aromatic nitrogens is 1. The first kappa shape index (κ1) is 19.6. The maximum Gasteiger partial charge on any atom is 0.255 e. The maximum absolute atomic E-state index is 12.5. The number of fused-ring (bicyclic) bond motifs is 1. The quantitative estimate of drug-likeness (QED) is 0.557. The van der Waals surface area contributed by atoms with Crippen LogP contribution in [-0.2, 0) is 10.0 Å². The Bertz CT molecular complexity index is 1140. The van der Waals surface area contributed by atoms with E-state index in [1.807, 2.05) is 53.8 Å². The highest BCUT2D eigenvalue weighted by Crippen LogP contribution is 2.36. The molecule has 1 N–H and O–H groups in total. The van der Waals surface area contributed by atoms with E-state index in [0.717, 1.165) is 21.7 Å². The van der Waals surface area contributed by atoms with Gasteiger partial charge in [0.1, 0.15) is 5.76 Å². The molecule has 0 aliphatic carbocycles. The lowest BCUT2D eigenvalue weighted by atomic mass is 10.0. The summed E-state index contributed by atoms with van der Waals surface area (Å²) in [5.41, 5.74) is 2.40. The molecule has 0 saturated heterocycles. The molecule has 27 heavy (non-hydrogen) atoms. The number of hydrogen-bond acceptors (Lipinski definition) is 5. The van der Waals surface area contributed by atoms with Crippen molar-refractivity contribution in [3.8, 4) is 11.3 Å². The van der Waals surface area contributed by atoms with E-state index in [4.69, 9.17) is 4.42 Å². The van der Waals surface area contributed by atoms with E-state index in [1.165, 1.54) is 7.05 Å². The molecule has 0 atom stereocenters. The molecule has 0 unspecified atom stereocenters. The van der Waals surface area contributed by atoms with Gasteiger partial charge in [0.25, 0.3) is 5.91 Å². The van der Waals surface area contributed by atoms with E-state index in [-0.39, 0.29) is 17.4 Å². The SMILES string of the molecule is CNC(=O)c1c(-c2ccc(C)cc2)oc2nc(N(C)S(C)(=O)=O)c(I)cc12. The van der Waals surface area contributed by atoms with Gasteiger partial charge in [-0.15, -0.1) is 0 Å². The number of nitrogens with one attached hydrogen (secondary N) is 1. The molecular weight excluding hydrogens is 481 g/mol. The Morgan fingerprint density at radius 2 is 1.89 bits per heavy atom. The number of benzene rings is 1. The number of anilines is 1. The third-order valence-electron chi connectivity index (χ3n) is 4.18. The molecular formula is C18H18IN3O4S. The van der Waals surface area contributed by atoms with Gasteiger partial charge in [-0.3, -0.25) is 9.10 Å². The number of nitrogens with zero attached hydrogens (tertiary/aromatic N) is 2. The molecule has 0 bridgehead atoms. The summed E-state index contributed by atoms with van der Waals surface area (Å²) < 4.78 is 31.4. The number of amides is 1. The third-order valence-corrected chi connectivity index (χ3v) is 6.14. The van der Waals surface area contributed by atoms with Crippen LogP contribution >= 0.6 is 22.6 Å². The first-order valence-electron chi connectivity index (χ1n) is 7.99. The molecule has 0 fully saturated rings. The minimum absolute atomic E-state index is 0.204. The van der Waals surface area contributed by atoms with Crippen molar-refractivity contribution in [2.75, 3.05) is 24.7 Å². The smallest absolute Gasteiger partial charge is 0.255 e. The molecule has 1 aromatic carbocycles. The zero-order chi connectivity index (χ0) is 19.9. The van der Waals surface area contributed by atoms with Gasteiger partial charge in [0.05, 0.1) is 20.8 Å². The molecule has 3 rings (SSSR count). The number of carbonyl (C=O) groups excluding carboxylic acids is 1. The fourth-order valence-corrected chi connectivity index (χ4v) is 4.04. The van der Waals surface area contributed by atoms with Gasteiger partial charge in [-0.25, -0.2) is 8.42 Å². The van der Waals surface area contributed by atoms with Crippen LogP contribution in [-0.4, -0.2) is 39.7 Å². The second-order valence-electron chi connectivity index (χ2n) is 6.13. The second-order valence-corrected chi connectivity index (χ2v) is 9.30. The van der Waals surface area contributed by atoms with Crippen LogP contribution in [0.15, 0.2) is 34.7 Å². The number of furan rings is 1. The zero-order valence-corrected chi connectivity index (χ0v) is 18.2. The highest BCUT2D eigenvalue weighted by atomic mass is 127. The summed E-state index contributed by atoms with van der Waals surface area (Å²) in [7, 11) is -0.512. The van der Waals surface area contributed by atoms with Crippen molar-refractivity contribution < 1.29 is 17.6 Å². The molecule has 2 aromatic heterocycles. The van der Waals surface area contributed by atoms with Crippen LogP contribution in [0.5, 0.6) is 0 Å². The number of pyridine rings is 1. The molecule has 9 heteroatoms. The average molecular weight is 499 g/mol. The predicted molar refractivity (Wildman–Crippen MR) is 114 cm³/mol. The van der Waals surface area contributed by atoms with E-state index in [2.05, 4.69) is 10.3 Å². The highest BCUT2D eigenvalue weighted by Gasteiger charge is 2.25. The van der Waals surface area contributed by atoms with E-state index in [1.54, 1.807) is 13.1 Å². The summed E-state index contributed by atoms with van der Waals surface area (Å²) in [6.45, 7) is 1.97. The maximum atomic E-state index is 12.5. The van der Waals surface area contributed by atoms with Crippen LogP contribution in [0.1, 0.15) is 15.9 Å². The number of hydrogen-bond donors (Lipinski definition) is 1. The predicted octanol–water partition coefficient (Wildman–Crippen LogP) is 3.16. The first-order chi connectivity index (χ1) is 12.6. The van der Waals surface area contributed by atoms with Crippen molar-refractivity contribution in [1.82, 2.24) is 10.3 Å². The molecule has 3 aromatic rings. The zero-order valence-electron chi connectivity index (χ0n) is 15.2. The fraction of sp³-hybridized carbons (Fsp3) is 0.222. The number of sulfonamides is 1. The minimum Gasteiger partial charge on any atom is -0.437 e. The number of halogens is 1. The van der Waals surface area contributed by atoms with Gasteiger partial charge in [0, 0.05) is 19.7 Å². The van der Waals surface area contributed by atoms with E-state index in [9.17, 15) is 13.2 Å². The van der Waals surface area contributed by atoms with Gasteiger partial charge >= 0.3 is 0 Å². The summed E-state index contributed by atoms with van der Waals surface area (Å²) in [4.78, 5) is 16.9. The standard InChI is InChI=1S/C18H18IN3O4S/c1-10-5-7-11(8-6-10)15-14(17(23)20-2)12-9-13(19)16(21-18(12)26-15)22(3)27(4,24)25/h5-9H,1-4H3,(H,20,23). The number of aryl methyl sites for hydroxylation is 1. The van der Waals surface area contributed by atoms with E-state index >= 15 is 0 Å². The van der Waals surface area contributed by atoms with Crippen molar-refractivity contribution in [2.24, 2.45) is 0 Å². The Hall–Kier alpha value is -2.14. The Labute approximate surface area is 171 Å². The highest BCUT2D eigenvalue weighted by molar-refractivity contribution is 14.1. The van der Waals surface area contributed by atoms with Gasteiger partial charge in [-0.2, -0.15) is 4.98 Å². The van der Waals surface area contributed by atoms with E-state index < -0.39 is 10.0 Å². The van der Waals surface area contributed by atoms with Crippen molar-refractivity contribution >= 4 is 55.4 Å². The molecule has 1 amide bonds. The van der Waals surface area contributed by atoms with E-state index in [0.29, 0.717) is 20.3 Å². The van der Waals surface area contributed by atoms with Crippen LogP contribution in [0.3, 0.4) is 0 Å². The Morgan fingerprint density at radius 3 is 2.44 bits per heavy atom. The Kier molecular flexibility index (Phi) is 5.17. The fourth-order valence-electron chi connectivity index (χ4n) is 2.63. The molecule has 0 aliphatic rings. The molecule has 0 saturated carbocycles. The summed E-state index contributed by atoms with van der Waals surface area (Å²) in [6.07, 6.45) is 1.10. The largest absolute Gasteiger partial charge is 0.437 e. The Balaban J connectivity index is 2.30. The average Bonchev–Trinajstić information content (AvgIpc) is 2.97. The van der Waals surface area contributed by atoms with Gasteiger partial charge in [0.2, 0.25) is 15.7 Å². The summed E-state index contributed by atoms with van der Waals surface area (Å²) >= 11 is 2.00. The van der Waals surface area contributed by atoms with Crippen LogP contribution in [0, 0.1) is 10.5 Å². The van der Waals surface area contributed by atoms with Crippen LogP contribution in [0.2, 0.25) is 0 Å². The molecule has 7 nitrogen and oxygen atoms in total. The number of carbonyl (C=O) groups is 1. The van der Waals surface area contributed by atoms with Crippen molar-refractivity contribution in [3.05, 3.63) is 45.0 Å². The van der Waals surface area contributed by atoms with Gasteiger partial charge in [-0.1, -0.05) is 29.8 Å². The van der Waals surface area contributed by atoms with Gasteiger partial charge < -0.3 is 9.73 Å². The normalized spacial score (nSPS) is 11.6. The summed E-state index contributed by atoms with van der Waals surface area (Å²) in [5, 5.41) is 3.15.